The van der Waals surface area contributed by atoms with Crippen molar-refractivity contribution in [3.05, 3.63) is 23.7 Å². The SMILES string of the molecule is Cc1cc(Nc2nc(N[C@@H]3CCOC[C@@H]3N)cnc2C(N)=O)sn1. The fraction of sp³-hybridized carbons (Fsp3) is 0.429. The minimum atomic E-state index is -0.652. The molecule has 0 aromatic carbocycles. The lowest BCUT2D eigenvalue weighted by Crippen LogP contribution is -2.47. The van der Waals surface area contributed by atoms with Crippen LogP contribution < -0.4 is 22.1 Å². The number of rotatable bonds is 5. The Morgan fingerprint density at radius 3 is 3.00 bits per heavy atom. The molecule has 0 radical (unpaired) electrons. The number of anilines is 3. The summed E-state index contributed by atoms with van der Waals surface area (Å²) in [7, 11) is 0. The number of primary amides is 1. The number of nitrogens with one attached hydrogen (secondary N) is 2. The van der Waals surface area contributed by atoms with Crippen molar-refractivity contribution in [3.8, 4) is 0 Å². The first-order valence-corrected chi connectivity index (χ1v) is 8.27. The second kappa shape index (κ2) is 7.07. The van der Waals surface area contributed by atoms with Gasteiger partial charge in [-0.25, -0.2) is 9.97 Å². The number of amides is 1. The van der Waals surface area contributed by atoms with Crippen molar-refractivity contribution in [2.45, 2.75) is 25.4 Å². The van der Waals surface area contributed by atoms with Crippen LogP contribution in [0.15, 0.2) is 12.3 Å². The highest BCUT2D eigenvalue weighted by atomic mass is 32.1. The van der Waals surface area contributed by atoms with E-state index in [-0.39, 0.29) is 23.6 Å². The van der Waals surface area contributed by atoms with Crippen LogP contribution in [0.3, 0.4) is 0 Å². The molecule has 6 N–H and O–H groups in total. The summed E-state index contributed by atoms with van der Waals surface area (Å²) in [6.45, 7) is 3.02. The van der Waals surface area contributed by atoms with E-state index in [1.165, 1.54) is 17.7 Å². The van der Waals surface area contributed by atoms with E-state index in [9.17, 15) is 4.79 Å². The van der Waals surface area contributed by atoms with Gasteiger partial charge in [0.05, 0.1) is 18.5 Å². The topological polar surface area (TPSA) is 141 Å². The van der Waals surface area contributed by atoms with E-state index in [4.69, 9.17) is 16.2 Å². The summed E-state index contributed by atoms with van der Waals surface area (Å²) >= 11 is 1.27. The van der Waals surface area contributed by atoms with Crippen LogP contribution >= 0.6 is 11.5 Å². The molecular formula is C14H19N7O2S. The maximum Gasteiger partial charge on any atom is 0.271 e. The van der Waals surface area contributed by atoms with Gasteiger partial charge in [-0.1, -0.05) is 0 Å². The van der Waals surface area contributed by atoms with Crippen LogP contribution in [-0.4, -0.2) is 45.5 Å². The molecule has 1 fully saturated rings. The van der Waals surface area contributed by atoms with Gasteiger partial charge in [-0.3, -0.25) is 4.79 Å². The summed E-state index contributed by atoms with van der Waals surface area (Å²) in [4.78, 5) is 20.1. The molecule has 0 bridgehead atoms. The highest BCUT2D eigenvalue weighted by molar-refractivity contribution is 7.10. The Bertz CT molecular complexity index is 736. The van der Waals surface area contributed by atoms with Crippen LogP contribution in [0.5, 0.6) is 0 Å². The number of nitrogens with zero attached hydrogens (tertiary/aromatic N) is 3. The molecule has 2 aromatic rings. The lowest BCUT2D eigenvalue weighted by molar-refractivity contribution is 0.0752. The Kier molecular flexibility index (Phi) is 4.88. The van der Waals surface area contributed by atoms with E-state index >= 15 is 0 Å². The lowest BCUT2D eigenvalue weighted by atomic mass is 10.0. The van der Waals surface area contributed by atoms with Crippen LogP contribution in [0, 0.1) is 6.92 Å². The average molecular weight is 349 g/mol. The highest BCUT2D eigenvalue weighted by Crippen LogP contribution is 2.23. The average Bonchev–Trinajstić information content (AvgIpc) is 2.94. The number of carbonyl (C=O) groups excluding carboxylic acids is 1. The van der Waals surface area contributed by atoms with Crippen molar-refractivity contribution >= 4 is 34.1 Å². The second-order valence-corrected chi connectivity index (χ2v) is 6.36. The van der Waals surface area contributed by atoms with E-state index in [2.05, 4.69) is 25.0 Å². The van der Waals surface area contributed by atoms with Crippen LogP contribution in [-0.2, 0) is 4.74 Å². The van der Waals surface area contributed by atoms with E-state index in [0.717, 1.165) is 17.1 Å². The smallest absolute Gasteiger partial charge is 0.271 e. The minimum absolute atomic E-state index is 0.0333. The van der Waals surface area contributed by atoms with Gasteiger partial charge in [-0.2, -0.15) is 4.37 Å². The number of hydrogen-bond acceptors (Lipinski definition) is 9. The van der Waals surface area contributed by atoms with Gasteiger partial charge in [-0.05, 0) is 30.9 Å². The summed E-state index contributed by atoms with van der Waals surface area (Å²) in [6, 6.07) is 1.76. The predicted octanol–water partition coefficient (Wildman–Crippen LogP) is 0.612. The van der Waals surface area contributed by atoms with Crippen molar-refractivity contribution in [1.82, 2.24) is 14.3 Å². The van der Waals surface area contributed by atoms with Crippen LogP contribution in [0.2, 0.25) is 0 Å². The maximum absolute atomic E-state index is 11.6. The monoisotopic (exact) mass is 349 g/mol. The van der Waals surface area contributed by atoms with E-state index in [1.807, 2.05) is 13.0 Å². The Morgan fingerprint density at radius 2 is 2.33 bits per heavy atom. The molecule has 0 spiro atoms. The van der Waals surface area contributed by atoms with Gasteiger partial charge in [-0.15, -0.1) is 0 Å². The van der Waals surface area contributed by atoms with Crippen molar-refractivity contribution in [2.24, 2.45) is 11.5 Å². The molecule has 0 unspecified atom stereocenters. The van der Waals surface area contributed by atoms with Crippen molar-refractivity contribution in [2.75, 3.05) is 23.8 Å². The molecule has 3 heterocycles. The van der Waals surface area contributed by atoms with Gasteiger partial charge < -0.3 is 26.8 Å². The van der Waals surface area contributed by atoms with Gasteiger partial charge in [0.25, 0.3) is 5.91 Å². The second-order valence-electron chi connectivity index (χ2n) is 5.55. The van der Waals surface area contributed by atoms with Gasteiger partial charge in [0.15, 0.2) is 11.5 Å². The number of nitrogens with two attached hydrogens (primary N) is 2. The Balaban J connectivity index is 1.83. The van der Waals surface area contributed by atoms with Crippen LogP contribution in [0.1, 0.15) is 22.6 Å². The van der Waals surface area contributed by atoms with Gasteiger partial charge in [0.1, 0.15) is 10.8 Å². The van der Waals surface area contributed by atoms with Gasteiger partial charge >= 0.3 is 0 Å². The Hall–Kier alpha value is -2.30. The molecule has 128 valence electrons. The van der Waals surface area contributed by atoms with E-state index in [1.54, 1.807) is 0 Å². The first-order chi connectivity index (χ1) is 11.5. The fourth-order valence-corrected chi connectivity index (χ4v) is 3.06. The molecule has 3 rings (SSSR count). The molecule has 2 aromatic heterocycles. The molecule has 1 aliphatic heterocycles. The zero-order chi connectivity index (χ0) is 17.1. The minimum Gasteiger partial charge on any atom is -0.380 e. The quantitative estimate of drug-likeness (QED) is 0.615. The first kappa shape index (κ1) is 16.6. The maximum atomic E-state index is 11.6. The summed E-state index contributed by atoms with van der Waals surface area (Å²) in [5.41, 5.74) is 12.4. The molecule has 24 heavy (non-hydrogen) atoms. The highest BCUT2D eigenvalue weighted by Gasteiger charge is 2.23. The normalized spacial score (nSPS) is 20.6. The van der Waals surface area contributed by atoms with Crippen molar-refractivity contribution < 1.29 is 9.53 Å². The molecule has 9 nitrogen and oxygen atoms in total. The molecule has 0 aliphatic carbocycles. The third-order valence-corrected chi connectivity index (χ3v) is 4.40. The largest absolute Gasteiger partial charge is 0.380 e. The van der Waals surface area contributed by atoms with Crippen LogP contribution in [0.4, 0.5) is 16.6 Å². The third kappa shape index (κ3) is 3.78. The van der Waals surface area contributed by atoms with E-state index in [0.29, 0.717) is 19.0 Å². The number of carbonyl (C=O) groups is 1. The van der Waals surface area contributed by atoms with Crippen molar-refractivity contribution in [3.63, 3.8) is 0 Å². The van der Waals surface area contributed by atoms with Gasteiger partial charge in [0, 0.05) is 18.7 Å². The molecular weight excluding hydrogens is 330 g/mol. The number of hydrogen-bond donors (Lipinski definition) is 4. The van der Waals surface area contributed by atoms with Crippen molar-refractivity contribution in [1.29, 1.82) is 0 Å². The first-order valence-electron chi connectivity index (χ1n) is 7.50. The van der Waals surface area contributed by atoms with E-state index < -0.39 is 5.91 Å². The number of aromatic nitrogens is 3. The third-order valence-electron chi connectivity index (χ3n) is 3.61. The summed E-state index contributed by atoms with van der Waals surface area (Å²) in [6.07, 6.45) is 2.25. The molecule has 2 atom stereocenters. The zero-order valence-corrected chi connectivity index (χ0v) is 14.0. The molecule has 10 heteroatoms. The molecule has 1 aliphatic rings. The molecule has 1 amide bonds. The summed E-state index contributed by atoms with van der Waals surface area (Å²) < 4.78 is 9.51. The predicted molar refractivity (Wildman–Crippen MR) is 91.5 cm³/mol. The number of ether oxygens (including phenoxy) is 1. The van der Waals surface area contributed by atoms with Crippen LogP contribution in [0.25, 0.3) is 0 Å². The fourth-order valence-electron chi connectivity index (χ4n) is 2.39. The Morgan fingerprint density at radius 1 is 1.50 bits per heavy atom. The Labute approximate surface area is 143 Å². The van der Waals surface area contributed by atoms with Gasteiger partial charge in [0.2, 0.25) is 0 Å². The standard InChI is InChI=1S/C14H19N7O2S/c1-7-4-11(24-21-7)20-14-12(13(16)22)17-5-10(19-14)18-9-2-3-23-6-8(9)15/h4-5,8-9H,2-3,6,15H2,1H3,(H2,16,22)(H2,18,19,20)/t8-,9+/m0/s1. The lowest BCUT2D eigenvalue weighted by Gasteiger charge is -2.29. The molecule has 1 saturated heterocycles. The summed E-state index contributed by atoms with van der Waals surface area (Å²) in [5, 5.41) is 7.05. The zero-order valence-electron chi connectivity index (χ0n) is 13.2. The summed E-state index contributed by atoms with van der Waals surface area (Å²) in [5.74, 6) is 0.156. The number of aryl methyl sites for hydroxylation is 1. The molecule has 0 saturated carbocycles.